The number of carbonyl (C=O) groups excluding carboxylic acids is 1. The van der Waals surface area contributed by atoms with Gasteiger partial charge in [-0.15, -0.1) is 0 Å². The highest BCUT2D eigenvalue weighted by Gasteiger charge is 2.19. The number of pyridine rings is 1. The highest BCUT2D eigenvalue weighted by atomic mass is 16.1. The van der Waals surface area contributed by atoms with Gasteiger partial charge in [0.25, 0.3) is 0 Å². The highest BCUT2D eigenvalue weighted by molar-refractivity contribution is 6.02. The number of nitrogens with zero attached hydrogens (tertiary/aromatic N) is 2. The van der Waals surface area contributed by atoms with Crippen LogP contribution in [0.3, 0.4) is 0 Å². The number of aromatic nitrogens is 2. The van der Waals surface area contributed by atoms with Crippen LogP contribution < -0.4 is 0 Å². The first-order valence-electron chi connectivity index (χ1n) is 6.78. The van der Waals surface area contributed by atoms with Crippen molar-refractivity contribution < 1.29 is 4.79 Å². The van der Waals surface area contributed by atoms with Gasteiger partial charge in [0, 0.05) is 18.2 Å². The number of hydrogen-bond donors (Lipinski definition) is 0. The Bertz CT molecular complexity index is 552. The standard InChI is InChI=1S/C15H18N2O/c18-15(9-12-5-2-1-3-6-12)13-7-4-8-17-11-16-10-14(13)17/h4,7-8,10-12H,1-3,5-6,9H2. The van der Waals surface area contributed by atoms with Crippen molar-refractivity contribution in [2.24, 2.45) is 5.92 Å². The zero-order valence-corrected chi connectivity index (χ0v) is 10.5. The number of fused-ring (bicyclic) bond motifs is 1. The minimum absolute atomic E-state index is 0.271. The molecule has 3 nitrogen and oxygen atoms in total. The van der Waals surface area contributed by atoms with Crippen molar-refractivity contribution in [3.05, 3.63) is 36.4 Å². The van der Waals surface area contributed by atoms with Crippen molar-refractivity contribution in [1.82, 2.24) is 9.38 Å². The van der Waals surface area contributed by atoms with Gasteiger partial charge in [0.15, 0.2) is 5.78 Å². The quantitative estimate of drug-likeness (QED) is 0.772. The lowest BCUT2D eigenvalue weighted by Crippen LogP contribution is -2.12. The van der Waals surface area contributed by atoms with Crippen LogP contribution in [0.2, 0.25) is 0 Å². The number of ketones is 1. The number of imidazole rings is 1. The van der Waals surface area contributed by atoms with Crippen molar-refractivity contribution in [2.75, 3.05) is 0 Å². The van der Waals surface area contributed by atoms with Crippen LogP contribution in [-0.2, 0) is 0 Å². The first-order valence-corrected chi connectivity index (χ1v) is 6.78. The minimum Gasteiger partial charge on any atom is -0.306 e. The minimum atomic E-state index is 0.271. The van der Waals surface area contributed by atoms with Crippen LogP contribution in [0.15, 0.2) is 30.9 Å². The van der Waals surface area contributed by atoms with Gasteiger partial charge in [-0.1, -0.05) is 32.1 Å². The molecule has 0 N–H and O–H groups in total. The summed E-state index contributed by atoms with van der Waals surface area (Å²) in [5, 5.41) is 0. The number of hydrogen-bond acceptors (Lipinski definition) is 2. The predicted octanol–water partition coefficient (Wildman–Crippen LogP) is 3.49. The van der Waals surface area contributed by atoms with E-state index >= 15 is 0 Å². The van der Waals surface area contributed by atoms with Crippen molar-refractivity contribution >= 4 is 11.3 Å². The first-order chi connectivity index (χ1) is 8.84. The molecule has 0 bridgehead atoms. The van der Waals surface area contributed by atoms with Crippen molar-refractivity contribution in [3.63, 3.8) is 0 Å². The van der Waals surface area contributed by atoms with Gasteiger partial charge in [-0.25, -0.2) is 4.98 Å². The second kappa shape index (κ2) is 4.92. The molecule has 1 saturated carbocycles. The lowest BCUT2D eigenvalue weighted by Gasteiger charge is -2.20. The first kappa shape index (κ1) is 11.5. The Kier molecular flexibility index (Phi) is 3.13. The van der Waals surface area contributed by atoms with E-state index in [1.807, 2.05) is 22.7 Å². The molecule has 18 heavy (non-hydrogen) atoms. The smallest absolute Gasteiger partial charge is 0.165 e. The van der Waals surface area contributed by atoms with Crippen LogP contribution in [-0.4, -0.2) is 15.2 Å². The molecule has 1 aliphatic rings. The lowest BCUT2D eigenvalue weighted by atomic mass is 9.85. The summed E-state index contributed by atoms with van der Waals surface area (Å²) in [6.07, 6.45) is 12.5. The van der Waals surface area contributed by atoms with Crippen molar-refractivity contribution in [1.29, 1.82) is 0 Å². The van der Waals surface area contributed by atoms with Gasteiger partial charge in [0.05, 0.1) is 18.0 Å². The van der Waals surface area contributed by atoms with Gasteiger partial charge in [0.1, 0.15) is 0 Å². The van der Waals surface area contributed by atoms with Crippen molar-refractivity contribution in [3.8, 4) is 0 Å². The molecule has 0 radical (unpaired) electrons. The summed E-state index contributed by atoms with van der Waals surface area (Å²) >= 11 is 0. The molecule has 2 aromatic heterocycles. The maximum atomic E-state index is 12.4. The zero-order chi connectivity index (χ0) is 12.4. The molecule has 94 valence electrons. The average Bonchev–Trinajstić information content (AvgIpc) is 2.87. The molecule has 0 aliphatic heterocycles. The van der Waals surface area contributed by atoms with Crippen LogP contribution >= 0.6 is 0 Å². The van der Waals surface area contributed by atoms with Crippen LogP contribution in [0, 0.1) is 5.92 Å². The zero-order valence-electron chi connectivity index (χ0n) is 10.5. The molecular weight excluding hydrogens is 224 g/mol. The molecule has 0 unspecified atom stereocenters. The van der Waals surface area contributed by atoms with E-state index in [0.29, 0.717) is 12.3 Å². The second-order valence-electron chi connectivity index (χ2n) is 5.24. The molecule has 0 amide bonds. The molecule has 3 rings (SSSR count). The van der Waals surface area contributed by atoms with E-state index < -0.39 is 0 Å². The Hall–Kier alpha value is -1.64. The molecule has 3 heteroatoms. The lowest BCUT2D eigenvalue weighted by molar-refractivity contribution is 0.0951. The van der Waals surface area contributed by atoms with E-state index in [2.05, 4.69) is 4.98 Å². The molecule has 0 spiro atoms. The predicted molar refractivity (Wildman–Crippen MR) is 70.7 cm³/mol. The van der Waals surface area contributed by atoms with E-state index in [4.69, 9.17) is 0 Å². The Morgan fingerprint density at radius 3 is 3.00 bits per heavy atom. The molecule has 1 fully saturated rings. The summed E-state index contributed by atoms with van der Waals surface area (Å²) in [6, 6.07) is 3.84. The third-order valence-electron chi connectivity index (χ3n) is 3.95. The third kappa shape index (κ3) is 2.17. The van der Waals surface area contributed by atoms with Crippen LogP contribution in [0.5, 0.6) is 0 Å². The fourth-order valence-electron chi connectivity index (χ4n) is 2.95. The fraction of sp³-hybridized carbons (Fsp3) is 0.467. The summed E-state index contributed by atoms with van der Waals surface area (Å²) in [4.78, 5) is 16.5. The van der Waals surface area contributed by atoms with Crippen LogP contribution in [0.1, 0.15) is 48.9 Å². The van der Waals surface area contributed by atoms with Gasteiger partial charge < -0.3 is 4.40 Å². The summed E-state index contributed by atoms with van der Waals surface area (Å²) in [5.41, 5.74) is 1.75. The Labute approximate surface area is 107 Å². The van der Waals surface area contributed by atoms with Crippen molar-refractivity contribution in [2.45, 2.75) is 38.5 Å². The summed E-state index contributed by atoms with van der Waals surface area (Å²) in [6.45, 7) is 0. The molecule has 2 heterocycles. The molecule has 1 aliphatic carbocycles. The molecule has 0 aromatic carbocycles. The summed E-state index contributed by atoms with van der Waals surface area (Å²) in [7, 11) is 0. The van der Waals surface area contributed by atoms with Gasteiger partial charge in [-0.05, 0) is 18.1 Å². The molecule has 2 aromatic rings. The number of carbonyl (C=O) groups is 1. The second-order valence-corrected chi connectivity index (χ2v) is 5.24. The summed E-state index contributed by atoms with van der Waals surface area (Å²) < 4.78 is 1.91. The van der Waals surface area contributed by atoms with E-state index in [1.165, 1.54) is 32.1 Å². The Morgan fingerprint density at radius 1 is 1.33 bits per heavy atom. The van der Waals surface area contributed by atoms with Crippen LogP contribution in [0.4, 0.5) is 0 Å². The van der Waals surface area contributed by atoms with Gasteiger partial charge in [0.2, 0.25) is 0 Å². The third-order valence-corrected chi connectivity index (χ3v) is 3.95. The number of rotatable bonds is 3. The number of Topliss-reactive ketones (excluding diaryl/α,β-unsaturated/α-hetero) is 1. The van der Waals surface area contributed by atoms with Gasteiger partial charge in [-0.3, -0.25) is 4.79 Å². The normalized spacial score (nSPS) is 17.1. The molecule has 0 saturated heterocycles. The average molecular weight is 242 g/mol. The summed E-state index contributed by atoms with van der Waals surface area (Å²) in [5.74, 6) is 0.863. The monoisotopic (exact) mass is 242 g/mol. The Balaban J connectivity index is 1.81. The highest BCUT2D eigenvalue weighted by Crippen LogP contribution is 2.28. The van der Waals surface area contributed by atoms with E-state index in [1.54, 1.807) is 12.5 Å². The maximum Gasteiger partial charge on any atom is 0.165 e. The van der Waals surface area contributed by atoms with Gasteiger partial charge >= 0.3 is 0 Å². The van der Waals surface area contributed by atoms with E-state index in [-0.39, 0.29) is 5.78 Å². The van der Waals surface area contributed by atoms with Crippen LogP contribution in [0.25, 0.3) is 5.52 Å². The molecule has 0 atom stereocenters. The Morgan fingerprint density at radius 2 is 2.17 bits per heavy atom. The fourth-order valence-corrected chi connectivity index (χ4v) is 2.95. The maximum absolute atomic E-state index is 12.4. The molecular formula is C15H18N2O. The van der Waals surface area contributed by atoms with E-state index in [0.717, 1.165) is 11.1 Å². The largest absolute Gasteiger partial charge is 0.306 e. The topological polar surface area (TPSA) is 34.4 Å². The van der Waals surface area contributed by atoms with Gasteiger partial charge in [-0.2, -0.15) is 0 Å². The van der Waals surface area contributed by atoms with E-state index in [9.17, 15) is 4.79 Å². The SMILES string of the molecule is O=C(CC1CCCCC1)c1cccn2cncc12.